The fourth-order valence-corrected chi connectivity index (χ4v) is 3.14. The summed E-state index contributed by atoms with van der Waals surface area (Å²) in [5.74, 6) is 3.86. The van der Waals surface area contributed by atoms with Crippen molar-refractivity contribution in [2.24, 2.45) is 10.8 Å². The van der Waals surface area contributed by atoms with Gasteiger partial charge in [-0.3, -0.25) is 19.6 Å². The van der Waals surface area contributed by atoms with Crippen molar-refractivity contribution < 1.29 is 23.9 Å². The predicted molar refractivity (Wildman–Crippen MR) is 135 cm³/mol. The normalized spacial score (nSPS) is 12.5. The summed E-state index contributed by atoms with van der Waals surface area (Å²) in [7, 11) is 1.50. The van der Waals surface area contributed by atoms with Crippen LogP contribution in [-0.4, -0.2) is 40.8 Å². The number of nitrogens with zero attached hydrogens (tertiary/aromatic N) is 2. The zero-order valence-electron chi connectivity index (χ0n) is 20.6. The van der Waals surface area contributed by atoms with Crippen LogP contribution in [-0.2, 0) is 16.1 Å². The van der Waals surface area contributed by atoms with Crippen molar-refractivity contribution in [3.8, 4) is 0 Å². The number of aromatic carboxylic acids is 1. The second-order valence-corrected chi connectivity index (χ2v) is 8.08. The van der Waals surface area contributed by atoms with E-state index in [9.17, 15) is 18.8 Å². The number of carbonyl (C=O) groups excluding carboxylic acids is 2. The molecule has 9 nitrogen and oxygen atoms in total. The number of amides is 2. The van der Waals surface area contributed by atoms with Crippen molar-refractivity contribution in [3.05, 3.63) is 94.5 Å². The number of halogens is 1. The lowest BCUT2D eigenvalue weighted by Gasteiger charge is -2.23. The predicted octanol–water partition coefficient (Wildman–Crippen LogP) is 2.99. The van der Waals surface area contributed by atoms with Gasteiger partial charge in [0.2, 0.25) is 0 Å². The maximum Gasteiger partial charge on any atom is 0.335 e. The Hall–Kier alpha value is -4.31. The topological polar surface area (TPSA) is 137 Å². The zero-order chi connectivity index (χ0) is 27.0. The van der Waals surface area contributed by atoms with Crippen LogP contribution in [0.1, 0.15) is 46.9 Å². The third kappa shape index (κ3) is 7.34. The molecule has 0 heterocycles. The number of nitrogens with two attached hydrogens (primary N) is 1. The lowest BCUT2D eigenvalue weighted by molar-refractivity contribution is -0.119. The summed E-state index contributed by atoms with van der Waals surface area (Å²) in [5.41, 5.74) is 1.84. The smallest absolute Gasteiger partial charge is 0.335 e. The monoisotopic (exact) mass is 495 g/mol. The van der Waals surface area contributed by atoms with Gasteiger partial charge in [-0.1, -0.05) is 30.8 Å². The molecular formula is C26H30FN5O4. The number of benzene rings is 2. The lowest BCUT2D eigenvalue weighted by atomic mass is 10.1. The third-order valence-electron chi connectivity index (χ3n) is 5.45. The highest BCUT2D eigenvalue weighted by Gasteiger charge is 2.21. The maximum absolute atomic E-state index is 13.5. The van der Waals surface area contributed by atoms with Gasteiger partial charge >= 0.3 is 5.97 Å². The van der Waals surface area contributed by atoms with Crippen LogP contribution in [0.3, 0.4) is 0 Å². The quantitative estimate of drug-likeness (QED) is 0.105. The summed E-state index contributed by atoms with van der Waals surface area (Å²) in [4.78, 5) is 40.8. The average molecular weight is 496 g/mol. The van der Waals surface area contributed by atoms with E-state index in [1.54, 1.807) is 45.0 Å². The number of hydrogen-bond acceptors (Lipinski definition) is 5. The molecule has 5 N–H and O–H groups in total. The lowest BCUT2D eigenvalue weighted by Crippen LogP contribution is -2.43. The molecule has 0 aliphatic rings. The number of hydrazine groups is 1. The van der Waals surface area contributed by atoms with Crippen LogP contribution in [0.25, 0.3) is 0 Å². The first kappa shape index (κ1) is 27.9. The molecule has 2 aromatic carbocycles. The van der Waals surface area contributed by atoms with Crippen molar-refractivity contribution in [2.75, 3.05) is 7.05 Å². The van der Waals surface area contributed by atoms with Gasteiger partial charge in [0.1, 0.15) is 17.3 Å². The van der Waals surface area contributed by atoms with Crippen LogP contribution in [0, 0.1) is 12.7 Å². The van der Waals surface area contributed by atoms with Crippen LogP contribution < -0.4 is 16.5 Å². The SMILES string of the molecule is C=C(/C=C(/C(=O)NC(C)c1ccc(C(=O)O)cc1)N(N)C(C)=NC)C(=O)NCc1ccc(F)c(C)c1. The highest BCUT2D eigenvalue weighted by molar-refractivity contribution is 6.02. The third-order valence-corrected chi connectivity index (χ3v) is 5.45. The first-order chi connectivity index (χ1) is 16.9. The second-order valence-electron chi connectivity index (χ2n) is 8.08. The van der Waals surface area contributed by atoms with Gasteiger partial charge in [-0.25, -0.2) is 15.0 Å². The fraction of sp³-hybridized carbons (Fsp3) is 0.231. The largest absolute Gasteiger partial charge is 0.478 e. The average Bonchev–Trinajstić information content (AvgIpc) is 2.86. The van der Waals surface area contributed by atoms with Crippen LogP contribution in [0.2, 0.25) is 0 Å². The first-order valence-electron chi connectivity index (χ1n) is 11.0. The van der Waals surface area contributed by atoms with Gasteiger partial charge in [-0.15, -0.1) is 0 Å². The molecular weight excluding hydrogens is 465 g/mol. The summed E-state index contributed by atoms with van der Waals surface area (Å²) in [6.07, 6.45) is 1.25. The number of carbonyl (C=O) groups is 3. The van der Waals surface area contributed by atoms with Gasteiger partial charge in [0.25, 0.3) is 11.8 Å². The van der Waals surface area contributed by atoms with Crippen molar-refractivity contribution >= 4 is 23.6 Å². The van der Waals surface area contributed by atoms with Crippen molar-refractivity contribution in [1.82, 2.24) is 15.6 Å². The Morgan fingerprint density at radius 3 is 2.39 bits per heavy atom. The molecule has 1 atom stereocenters. The number of rotatable bonds is 9. The molecule has 2 rings (SSSR count). The van der Waals surface area contributed by atoms with E-state index in [0.29, 0.717) is 22.5 Å². The Labute approximate surface area is 209 Å². The minimum Gasteiger partial charge on any atom is -0.478 e. The molecule has 10 heteroatoms. The molecule has 36 heavy (non-hydrogen) atoms. The van der Waals surface area contributed by atoms with Crippen molar-refractivity contribution in [1.29, 1.82) is 0 Å². The van der Waals surface area contributed by atoms with Crippen LogP contribution in [0.4, 0.5) is 4.39 Å². The van der Waals surface area contributed by atoms with Crippen LogP contribution in [0.5, 0.6) is 0 Å². The molecule has 0 aliphatic carbocycles. The molecule has 0 saturated carbocycles. The molecule has 190 valence electrons. The number of nitrogens with one attached hydrogen (secondary N) is 2. The first-order valence-corrected chi connectivity index (χ1v) is 11.0. The Morgan fingerprint density at radius 2 is 1.83 bits per heavy atom. The van der Waals surface area contributed by atoms with E-state index in [-0.39, 0.29) is 29.2 Å². The second kappa shape index (κ2) is 12.4. The Kier molecular flexibility index (Phi) is 9.63. The van der Waals surface area contributed by atoms with Crippen molar-refractivity contribution in [3.63, 3.8) is 0 Å². The van der Waals surface area contributed by atoms with Gasteiger partial charge in [0.05, 0.1) is 11.6 Å². The molecule has 2 aromatic rings. The number of carboxylic acids is 1. The van der Waals surface area contributed by atoms with Gasteiger partial charge in [-0.2, -0.15) is 0 Å². The molecule has 0 saturated heterocycles. The van der Waals surface area contributed by atoms with Crippen LogP contribution >= 0.6 is 0 Å². The molecule has 1 unspecified atom stereocenters. The van der Waals surface area contributed by atoms with E-state index in [1.807, 2.05) is 0 Å². The maximum atomic E-state index is 13.5. The van der Waals surface area contributed by atoms with E-state index < -0.39 is 23.8 Å². The molecule has 0 aliphatic heterocycles. The van der Waals surface area contributed by atoms with Gasteiger partial charge < -0.3 is 15.7 Å². The van der Waals surface area contributed by atoms with E-state index in [4.69, 9.17) is 10.9 Å². The zero-order valence-corrected chi connectivity index (χ0v) is 20.6. The molecule has 2 amide bonds. The van der Waals surface area contributed by atoms with Crippen LogP contribution in [0.15, 0.2) is 71.4 Å². The summed E-state index contributed by atoms with van der Waals surface area (Å²) in [5, 5.41) is 15.6. The highest BCUT2D eigenvalue weighted by Crippen LogP contribution is 2.16. The van der Waals surface area contributed by atoms with E-state index in [1.165, 1.54) is 31.3 Å². The highest BCUT2D eigenvalue weighted by atomic mass is 19.1. The molecule has 0 radical (unpaired) electrons. The Morgan fingerprint density at radius 1 is 1.19 bits per heavy atom. The van der Waals surface area contributed by atoms with E-state index in [2.05, 4.69) is 22.2 Å². The Bertz CT molecular complexity index is 1220. The van der Waals surface area contributed by atoms with Crippen molar-refractivity contribution in [2.45, 2.75) is 33.4 Å². The molecule has 0 spiro atoms. The minimum atomic E-state index is -1.05. The van der Waals surface area contributed by atoms with E-state index >= 15 is 0 Å². The summed E-state index contributed by atoms with van der Waals surface area (Å²) in [6, 6.07) is 10.1. The molecule has 0 fully saturated rings. The van der Waals surface area contributed by atoms with Gasteiger partial charge in [0, 0.05) is 19.2 Å². The number of carboxylic acid groups (broad SMARTS) is 1. The van der Waals surface area contributed by atoms with Gasteiger partial charge in [0.15, 0.2) is 0 Å². The summed E-state index contributed by atoms with van der Waals surface area (Å²) < 4.78 is 13.5. The minimum absolute atomic E-state index is 0.0307. The number of aliphatic imine (C=N–C) groups is 1. The standard InChI is InChI=1S/C26H30FN5O4/c1-15-12-19(6-11-22(15)27)14-30-24(33)16(2)13-23(32(28)18(4)29-5)25(34)31-17(3)20-7-9-21(10-8-20)26(35)36/h6-13,17H,2,14,28H2,1,3-5H3,(H,30,33)(H,31,34)(H,35,36)/b23-13-,29-18?. The summed E-state index contributed by atoms with van der Waals surface area (Å²) >= 11 is 0. The number of amidine groups is 1. The number of aryl methyl sites for hydroxylation is 1. The Balaban J connectivity index is 2.19. The number of hydrogen-bond donors (Lipinski definition) is 4. The summed E-state index contributed by atoms with van der Waals surface area (Å²) in [6.45, 7) is 8.82. The fourth-order valence-electron chi connectivity index (χ4n) is 3.14. The molecule has 0 aromatic heterocycles. The molecule has 0 bridgehead atoms. The van der Waals surface area contributed by atoms with Gasteiger partial charge in [-0.05, 0) is 61.7 Å². The van der Waals surface area contributed by atoms with E-state index in [0.717, 1.165) is 5.01 Å².